The number of benzene rings is 2. The first kappa shape index (κ1) is 20.7. The number of hydrogen-bond acceptors (Lipinski definition) is 5. The molecule has 9 heteroatoms. The highest BCUT2D eigenvalue weighted by Crippen LogP contribution is 2.21. The van der Waals surface area contributed by atoms with Crippen LogP contribution in [0.1, 0.15) is 21.9 Å². The van der Waals surface area contributed by atoms with Gasteiger partial charge in [-0.15, -0.1) is 0 Å². The molecule has 0 aliphatic carbocycles. The first-order chi connectivity index (χ1) is 15.6. The molecule has 0 saturated carbocycles. The van der Waals surface area contributed by atoms with E-state index in [-0.39, 0.29) is 5.91 Å². The number of anilines is 1. The summed E-state index contributed by atoms with van der Waals surface area (Å²) >= 11 is 6.09. The van der Waals surface area contributed by atoms with Gasteiger partial charge < -0.3 is 15.0 Å². The van der Waals surface area contributed by atoms with Gasteiger partial charge >= 0.3 is 0 Å². The highest BCUT2D eigenvalue weighted by atomic mass is 35.5. The quantitative estimate of drug-likeness (QED) is 0.483. The Labute approximate surface area is 190 Å². The number of aromatic nitrogens is 4. The van der Waals surface area contributed by atoms with Gasteiger partial charge in [0, 0.05) is 23.8 Å². The van der Waals surface area contributed by atoms with E-state index in [9.17, 15) is 4.79 Å². The minimum atomic E-state index is -0.219. The fraction of sp³-hybridized carbons (Fsp3) is 0.261. The van der Waals surface area contributed by atoms with Crippen molar-refractivity contribution in [1.29, 1.82) is 0 Å². The van der Waals surface area contributed by atoms with Gasteiger partial charge in [0.25, 0.3) is 5.91 Å². The number of H-pyrrole nitrogens is 1. The molecular weight excluding hydrogens is 428 g/mol. The van der Waals surface area contributed by atoms with Crippen molar-refractivity contribution in [3.05, 3.63) is 70.8 Å². The number of rotatable bonds is 5. The Morgan fingerprint density at radius 3 is 2.88 bits per heavy atom. The predicted octanol–water partition coefficient (Wildman–Crippen LogP) is 3.79. The van der Waals surface area contributed by atoms with Gasteiger partial charge in [0.15, 0.2) is 0 Å². The lowest BCUT2D eigenvalue weighted by Crippen LogP contribution is -2.35. The molecule has 0 spiro atoms. The molecule has 2 N–H and O–H groups in total. The largest absolute Gasteiger partial charge is 0.379 e. The van der Waals surface area contributed by atoms with E-state index in [0.717, 1.165) is 61.1 Å². The van der Waals surface area contributed by atoms with Crippen LogP contribution in [0.15, 0.2) is 48.7 Å². The second kappa shape index (κ2) is 8.74. The molecule has 0 bridgehead atoms. The monoisotopic (exact) mass is 450 g/mol. The van der Waals surface area contributed by atoms with Crippen LogP contribution in [0.5, 0.6) is 0 Å². The van der Waals surface area contributed by atoms with Gasteiger partial charge in [-0.1, -0.05) is 17.7 Å². The zero-order chi connectivity index (χ0) is 22.1. The van der Waals surface area contributed by atoms with Crippen LogP contribution in [-0.4, -0.2) is 56.9 Å². The van der Waals surface area contributed by atoms with Crippen LogP contribution < -0.4 is 5.32 Å². The fourth-order valence-electron chi connectivity index (χ4n) is 3.89. The number of fused-ring (bicyclic) bond motifs is 1. The molecule has 0 radical (unpaired) electrons. The molecule has 5 rings (SSSR count). The molecule has 8 nitrogen and oxygen atoms in total. The third-order valence-electron chi connectivity index (χ3n) is 5.57. The molecule has 0 atom stereocenters. The third-order valence-corrected chi connectivity index (χ3v) is 5.81. The van der Waals surface area contributed by atoms with Gasteiger partial charge in [-0.3, -0.25) is 9.69 Å². The summed E-state index contributed by atoms with van der Waals surface area (Å²) in [5, 5.41) is 7.95. The van der Waals surface area contributed by atoms with Crippen LogP contribution in [0.4, 0.5) is 5.69 Å². The molecule has 1 aliphatic rings. The Bertz CT molecular complexity index is 1270. The van der Waals surface area contributed by atoms with Gasteiger partial charge in [-0.25, -0.2) is 9.67 Å². The number of carbonyl (C=O) groups excluding carboxylic acids is 1. The fourth-order valence-corrected chi connectivity index (χ4v) is 4.07. The van der Waals surface area contributed by atoms with Crippen molar-refractivity contribution in [3.63, 3.8) is 0 Å². The Morgan fingerprint density at radius 2 is 2.06 bits per heavy atom. The average Bonchev–Trinajstić information content (AvgIpc) is 3.37. The first-order valence-electron chi connectivity index (χ1n) is 10.5. The van der Waals surface area contributed by atoms with Gasteiger partial charge in [0.05, 0.1) is 53.9 Å². The minimum absolute atomic E-state index is 0.219. The minimum Gasteiger partial charge on any atom is -0.379 e. The molecule has 1 aliphatic heterocycles. The predicted molar refractivity (Wildman–Crippen MR) is 123 cm³/mol. The topological polar surface area (TPSA) is 88.1 Å². The molecule has 1 amide bonds. The summed E-state index contributed by atoms with van der Waals surface area (Å²) in [6.45, 7) is 5.93. The van der Waals surface area contributed by atoms with E-state index in [1.54, 1.807) is 16.9 Å². The van der Waals surface area contributed by atoms with Crippen LogP contribution in [-0.2, 0) is 11.3 Å². The third kappa shape index (κ3) is 4.25. The zero-order valence-electron chi connectivity index (χ0n) is 17.6. The molecule has 2 aromatic heterocycles. The normalized spacial score (nSPS) is 14.7. The zero-order valence-corrected chi connectivity index (χ0v) is 18.4. The van der Waals surface area contributed by atoms with Crippen molar-refractivity contribution in [3.8, 4) is 5.69 Å². The number of nitrogens with one attached hydrogen (secondary N) is 2. The van der Waals surface area contributed by atoms with Crippen LogP contribution in [0.25, 0.3) is 16.7 Å². The Kier molecular flexibility index (Phi) is 5.65. The van der Waals surface area contributed by atoms with E-state index in [1.807, 2.05) is 43.3 Å². The number of imidazole rings is 1. The number of morpholine rings is 1. The van der Waals surface area contributed by atoms with Gasteiger partial charge in [0.1, 0.15) is 5.82 Å². The highest BCUT2D eigenvalue weighted by molar-refractivity contribution is 6.30. The lowest BCUT2D eigenvalue weighted by molar-refractivity contribution is 0.0332. The second-order valence-corrected chi connectivity index (χ2v) is 8.23. The van der Waals surface area contributed by atoms with E-state index in [0.29, 0.717) is 16.3 Å². The number of nitrogens with zero attached hydrogens (tertiary/aromatic N) is 4. The Balaban J connectivity index is 1.32. The SMILES string of the molecule is Cc1c(C(=O)Nc2ccc3nc(CN4CCOCC4)[nH]c3c2)cnn1-c1cccc(Cl)c1. The molecule has 0 unspecified atom stereocenters. The molecule has 2 aromatic carbocycles. The lowest BCUT2D eigenvalue weighted by atomic mass is 10.2. The summed E-state index contributed by atoms with van der Waals surface area (Å²) in [5.74, 6) is 0.687. The van der Waals surface area contributed by atoms with Gasteiger partial charge in [0.2, 0.25) is 0 Å². The molecular formula is C23H23ClN6O2. The van der Waals surface area contributed by atoms with E-state index in [4.69, 9.17) is 16.3 Å². The molecule has 1 saturated heterocycles. The van der Waals surface area contributed by atoms with Crippen molar-refractivity contribution in [2.75, 3.05) is 31.6 Å². The summed E-state index contributed by atoms with van der Waals surface area (Å²) in [7, 11) is 0. The number of carbonyl (C=O) groups is 1. The van der Waals surface area contributed by atoms with E-state index in [2.05, 4.69) is 25.3 Å². The standard InChI is InChI=1S/C23H23ClN6O2/c1-15-19(13-25-30(15)18-4-2-3-16(24)11-18)23(31)26-17-5-6-20-21(12-17)28-22(27-20)14-29-7-9-32-10-8-29/h2-6,11-13H,7-10,14H2,1H3,(H,26,31)(H,27,28). The van der Waals surface area contributed by atoms with Crippen LogP contribution in [0.2, 0.25) is 5.02 Å². The van der Waals surface area contributed by atoms with Crippen molar-refractivity contribution in [2.24, 2.45) is 0 Å². The highest BCUT2D eigenvalue weighted by Gasteiger charge is 2.17. The number of halogens is 1. The molecule has 32 heavy (non-hydrogen) atoms. The summed E-state index contributed by atoms with van der Waals surface area (Å²) in [4.78, 5) is 23.3. The van der Waals surface area contributed by atoms with Crippen LogP contribution in [0.3, 0.4) is 0 Å². The van der Waals surface area contributed by atoms with Crippen molar-refractivity contribution >= 4 is 34.2 Å². The summed E-state index contributed by atoms with van der Waals surface area (Å²) in [6, 6.07) is 13.0. The molecule has 3 heterocycles. The van der Waals surface area contributed by atoms with E-state index in [1.165, 1.54) is 0 Å². The van der Waals surface area contributed by atoms with E-state index < -0.39 is 0 Å². The Morgan fingerprint density at radius 1 is 1.22 bits per heavy atom. The molecule has 1 fully saturated rings. The Hall–Kier alpha value is -3.20. The van der Waals surface area contributed by atoms with Crippen molar-refractivity contribution in [1.82, 2.24) is 24.6 Å². The van der Waals surface area contributed by atoms with E-state index >= 15 is 0 Å². The number of hydrogen-bond donors (Lipinski definition) is 2. The maximum atomic E-state index is 12.9. The lowest BCUT2D eigenvalue weighted by Gasteiger charge is -2.25. The van der Waals surface area contributed by atoms with Gasteiger partial charge in [-0.2, -0.15) is 5.10 Å². The molecule has 164 valence electrons. The van der Waals surface area contributed by atoms with Crippen molar-refractivity contribution < 1.29 is 9.53 Å². The summed E-state index contributed by atoms with van der Waals surface area (Å²) in [6.07, 6.45) is 1.57. The van der Waals surface area contributed by atoms with Crippen LogP contribution in [0, 0.1) is 6.92 Å². The average molecular weight is 451 g/mol. The maximum Gasteiger partial charge on any atom is 0.259 e. The molecule has 4 aromatic rings. The summed E-state index contributed by atoms with van der Waals surface area (Å²) < 4.78 is 7.11. The maximum absolute atomic E-state index is 12.9. The van der Waals surface area contributed by atoms with Crippen molar-refractivity contribution in [2.45, 2.75) is 13.5 Å². The number of aromatic amines is 1. The second-order valence-electron chi connectivity index (χ2n) is 7.79. The van der Waals surface area contributed by atoms with Crippen LogP contribution >= 0.6 is 11.6 Å². The number of ether oxygens (including phenoxy) is 1. The van der Waals surface area contributed by atoms with Gasteiger partial charge in [-0.05, 0) is 43.3 Å². The summed E-state index contributed by atoms with van der Waals surface area (Å²) in [5.41, 5.74) is 4.50. The smallest absolute Gasteiger partial charge is 0.259 e. The number of amides is 1. The first-order valence-corrected chi connectivity index (χ1v) is 10.9.